The highest BCUT2D eigenvalue weighted by Crippen LogP contribution is 2.25. The van der Waals surface area contributed by atoms with E-state index in [0.717, 1.165) is 39.0 Å². The van der Waals surface area contributed by atoms with Crippen LogP contribution >= 0.6 is 0 Å². The molecule has 2 aliphatic heterocycles. The monoisotopic (exact) mass is 296 g/mol. The number of likely N-dealkylation sites (tertiary alicyclic amines) is 1. The summed E-state index contributed by atoms with van der Waals surface area (Å²) < 4.78 is 0. The Morgan fingerprint density at radius 3 is 2.33 bits per heavy atom. The average Bonchev–Trinajstić information content (AvgIpc) is 2.83. The number of nitrogens with one attached hydrogen (secondary N) is 2. The molecular weight excluding hydrogens is 268 g/mol. The van der Waals surface area contributed by atoms with Gasteiger partial charge in [0.1, 0.15) is 0 Å². The highest BCUT2D eigenvalue weighted by Gasteiger charge is 2.34. The maximum absolute atomic E-state index is 12.3. The van der Waals surface area contributed by atoms with Crippen LogP contribution in [0.1, 0.15) is 33.6 Å². The summed E-state index contributed by atoms with van der Waals surface area (Å²) in [5.74, 6) is -0.0290. The summed E-state index contributed by atoms with van der Waals surface area (Å²) in [7, 11) is 0. The fraction of sp³-hybridized carbons (Fsp3) is 0.867. The van der Waals surface area contributed by atoms with E-state index in [1.807, 2.05) is 11.8 Å². The van der Waals surface area contributed by atoms with E-state index in [-0.39, 0.29) is 24.4 Å². The second-order valence-electron chi connectivity index (χ2n) is 6.25. The van der Waals surface area contributed by atoms with E-state index >= 15 is 0 Å². The van der Waals surface area contributed by atoms with E-state index in [1.54, 1.807) is 0 Å². The molecular formula is C15H28N4O2. The van der Waals surface area contributed by atoms with Crippen LogP contribution in [0.2, 0.25) is 0 Å². The van der Waals surface area contributed by atoms with Gasteiger partial charge in [0.15, 0.2) is 0 Å². The van der Waals surface area contributed by atoms with Gasteiger partial charge in [-0.15, -0.1) is 0 Å². The predicted octanol–water partition coefficient (Wildman–Crippen LogP) is -0.204. The minimum Gasteiger partial charge on any atom is -0.346 e. The van der Waals surface area contributed by atoms with Crippen molar-refractivity contribution in [2.45, 2.75) is 51.7 Å². The van der Waals surface area contributed by atoms with Crippen molar-refractivity contribution in [1.29, 1.82) is 0 Å². The van der Waals surface area contributed by atoms with Gasteiger partial charge in [-0.05, 0) is 33.6 Å². The van der Waals surface area contributed by atoms with Gasteiger partial charge in [0.05, 0.1) is 12.6 Å². The Hall–Kier alpha value is -1.14. The quantitative estimate of drug-likeness (QED) is 0.754. The fourth-order valence-electron chi connectivity index (χ4n) is 3.45. The van der Waals surface area contributed by atoms with Gasteiger partial charge in [-0.2, -0.15) is 0 Å². The van der Waals surface area contributed by atoms with Gasteiger partial charge in [-0.1, -0.05) is 0 Å². The molecule has 2 amide bonds. The lowest BCUT2D eigenvalue weighted by atomic mass is 10.2. The lowest BCUT2D eigenvalue weighted by Gasteiger charge is -2.32. The third-order valence-electron chi connectivity index (χ3n) is 4.73. The molecule has 6 heteroatoms. The van der Waals surface area contributed by atoms with Crippen molar-refractivity contribution in [3.63, 3.8) is 0 Å². The van der Waals surface area contributed by atoms with Crippen LogP contribution in [0.25, 0.3) is 0 Å². The summed E-state index contributed by atoms with van der Waals surface area (Å²) in [5, 5.41) is 6.02. The second kappa shape index (κ2) is 7.22. The van der Waals surface area contributed by atoms with Crippen molar-refractivity contribution in [3.05, 3.63) is 0 Å². The smallest absolute Gasteiger partial charge is 0.242 e. The van der Waals surface area contributed by atoms with Gasteiger partial charge in [-0.25, -0.2) is 0 Å². The first-order valence-electron chi connectivity index (χ1n) is 8.04. The summed E-state index contributed by atoms with van der Waals surface area (Å²) in [4.78, 5) is 28.4. The number of carbonyl (C=O) groups is 2. The molecule has 0 bridgehead atoms. The summed E-state index contributed by atoms with van der Waals surface area (Å²) in [6.07, 6.45) is 2.27. The molecule has 3 unspecified atom stereocenters. The van der Waals surface area contributed by atoms with Crippen LogP contribution in [0, 0.1) is 0 Å². The van der Waals surface area contributed by atoms with Crippen LogP contribution in [-0.4, -0.2) is 72.5 Å². The Kier molecular flexibility index (Phi) is 5.58. The van der Waals surface area contributed by atoms with Gasteiger partial charge in [0.2, 0.25) is 11.8 Å². The van der Waals surface area contributed by atoms with E-state index in [1.165, 1.54) is 0 Å². The van der Waals surface area contributed by atoms with Gasteiger partial charge in [0.25, 0.3) is 0 Å². The molecule has 0 saturated carbocycles. The normalized spacial score (nSPS) is 28.4. The molecule has 120 valence electrons. The van der Waals surface area contributed by atoms with E-state index in [0.29, 0.717) is 12.1 Å². The first kappa shape index (κ1) is 16.2. The summed E-state index contributed by atoms with van der Waals surface area (Å²) >= 11 is 0. The van der Waals surface area contributed by atoms with E-state index in [9.17, 15) is 9.59 Å². The first-order valence-corrected chi connectivity index (χ1v) is 8.04. The van der Waals surface area contributed by atoms with E-state index < -0.39 is 0 Å². The number of piperazine rings is 1. The maximum atomic E-state index is 12.3. The average molecular weight is 296 g/mol. The maximum Gasteiger partial charge on any atom is 0.242 e. The Balaban J connectivity index is 1.79. The number of rotatable bonds is 4. The Morgan fingerprint density at radius 2 is 1.76 bits per heavy atom. The second-order valence-corrected chi connectivity index (χ2v) is 6.25. The van der Waals surface area contributed by atoms with Crippen LogP contribution in [-0.2, 0) is 9.59 Å². The third kappa shape index (κ3) is 3.95. The van der Waals surface area contributed by atoms with Crippen LogP contribution < -0.4 is 10.6 Å². The number of carbonyl (C=O) groups excluding carboxylic acids is 2. The SMILES string of the molecule is CC1CCC(C)N1C(C)C(=O)NCC(=O)N1CCNCC1. The molecule has 2 N–H and O–H groups in total. The molecule has 2 rings (SSSR count). The number of hydrogen-bond acceptors (Lipinski definition) is 4. The van der Waals surface area contributed by atoms with Crippen molar-refractivity contribution in [3.8, 4) is 0 Å². The van der Waals surface area contributed by atoms with Crippen molar-refractivity contribution in [2.24, 2.45) is 0 Å². The molecule has 2 aliphatic rings. The van der Waals surface area contributed by atoms with Crippen molar-refractivity contribution in [2.75, 3.05) is 32.7 Å². The number of hydrogen-bond donors (Lipinski definition) is 2. The van der Waals surface area contributed by atoms with Crippen LogP contribution in [0.3, 0.4) is 0 Å². The molecule has 0 aromatic rings. The Labute approximate surface area is 127 Å². The lowest BCUT2D eigenvalue weighted by molar-refractivity contribution is -0.134. The molecule has 0 spiro atoms. The lowest BCUT2D eigenvalue weighted by Crippen LogP contribution is -2.53. The molecule has 21 heavy (non-hydrogen) atoms. The highest BCUT2D eigenvalue weighted by atomic mass is 16.2. The molecule has 0 radical (unpaired) electrons. The summed E-state index contributed by atoms with van der Waals surface area (Å²) in [5.41, 5.74) is 0. The molecule has 2 fully saturated rings. The largest absolute Gasteiger partial charge is 0.346 e. The van der Waals surface area contributed by atoms with Crippen LogP contribution in [0.4, 0.5) is 0 Å². The highest BCUT2D eigenvalue weighted by molar-refractivity contribution is 5.87. The van der Waals surface area contributed by atoms with Crippen molar-refractivity contribution >= 4 is 11.8 Å². The number of nitrogens with zero attached hydrogens (tertiary/aromatic N) is 2. The summed E-state index contributed by atoms with van der Waals surface area (Å²) in [6, 6.07) is 0.697. The molecule has 0 aliphatic carbocycles. The zero-order valence-electron chi connectivity index (χ0n) is 13.4. The molecule has 0 aromatic heterocycles. The van der Waals surface area contributed by atoms with Gasteiger partial charge < -0.3 is 15.5 Å². The van der Waals surface area contributed by atoms with Gasteiger partial charge >= 0.3 is 0 Å². The molecule has 6 nitrogen and oxygen atoms in total. The zero-order chi connectivity index (χ0) is 15.4. The minimum absolute atomic E-state index is 0.0135. The Bertz CT molecular complexity index is 372. The van der Waals surface area contributed by atoms with Crippen molar-refractivity contribution < 1.29 is 9.59 Å². The van der Waals surface area contributed by atoms with Crippen LogP contribution in [0.15, 0.2) is 0 Å². The molecule has 3 atom stereocenters. The van der Waals surface area contributed by atoms with Crippen LogP contribution in [0.5, 0.6) is 0 Å². The third-order valence-corrected chi connectivity index (χ3v) is 4.73. The van der Waals surface area contributed by atoms with Gasteiger partial charge in [-0.3, -0.25) is 14.5 Å². The predicted molar refractivity (Wildman–Crippen MR) is 81.9 cm³/mol. The zero-order valence-corrected chi connectivity index (χ0v) is 13.4. The number of amides is 2. The van der Waals surface area contributed by atoms with E-state index in [2.05, 4.69) is 29.4 Å². The van der Waals surface area contributed by atoms with Gasteiger partial charge in [0, 0.05) is 38.3 Å². The molecule has 2 saturated heterocycles. The first-order chi connectivity index (χ1) is 10.0. The van der Waals surface area contributed by atoms with Crippen molar-refractivity contribution in [1.82, 2.24) is 20.4 Å². The molecule has 2 heterocycles. The fourth-order valence-corrected chi connectivity index (χ4v) is 3.45. The Morgan fingerprint density at radius 1 is 1.19 bits per heavy atom. The van der Waals surface area contributed by atoms with E-state index in [4.69, 9.17) is 0 Å². The topological polar surface area (TPSA) is 64.7 Å². The molecule has 0 aromatic carbocycles. The minimum atomic E-state index is -0.173. The standard InChI is InChI=1S/C15H28N4O2/c1-11-4-5-12(2)19(11)13(3)15(21)17-10-14(20)18-8-6-16-7-9-18/h11-13,16H,4-10H2,1-3H3,(H,17,21). The summed E-state index contributed by atoms with van der Waals surface area (Å²) in [6.45, 7) is 9.49.